The summed E-state index contributed by atoms with van der Waals surface area (Å²) in [5, 5.41) is 12.1. The van der Waals surface area contributed by atoms with Crippen LogP contribution in [0.1, 0.15) is 30.7 Å². The molecular formula is C11H19NO2S. The third-order valence-electron chi connectivity index (χ3n) is 2.55. The second kappa shape index (κ2) is 6.10. The number of methoxy groups -OCH3 is 1. The fourth-order valence-electron chi connectivity index (χ4n) is 1.68. The van der Waals surface area contributed by atoms with Crippen LogP contribution in [0.25, 0.3) is 0 Å². The van der Waals surface area contributed by atoms with Crippen molar-refractivity contribution < 1.29 is 9.84 Å². The summed E-state index contributed by atoms with van der Waals surface area (Å²) in [5.41, 5.74) is 5.66. The van der Waals surface area contributed by atoms with E-state index < -0.39 is 6.10 Å². The molecule has 0 aliphatic heterocycles. The molecule has 1 aromatic heterocycles. The molecule has 86 valence electrons. The molecule has 1 heterocycles. The van der Waals surface area contributed by atoms with Crippen LogP contribution in [-0.2, 0) is 0 Å². The molecule has 0 aromatic carbocycles. The molecule has 0 amide bonds. The Balaban J connectivity index is 2.77. The lowest BCUT2D eigenvalue weighted by molar-refractivity contribution is 0.107. The number of hydrogen-bond acceptors (Lipinski definition) is 4. The lowest BCUT2D eigenvalue weighted by Crippen LogP contribution is -2.21. The van der Waals surface area contributed by atoms with E-state index >= 15 is 0 Å². The highest BCUT2D eigenvalue weighted by molar-refractivity contribution is 7.10. The van der Waals surface area contributed by atoms with E-state index in [4.69, 9.17) is 10.5 Å². The molecule has 0 saturated heterocycles. The molecule has 3 nitrogen and oxygen atoms in total. The smallest absolute Gasteiger partial charge is 0.135 e. The second-order valence-corrected chi connectivity index (χ2v) is 4.53. The maximum atomic E-state index is 10.2. The minimum atomic E-state index is -0.495. The van der Waals surface area contributed by atoms with Crippen molar-refractivity contribution in [2.24, 2.45) is 11.7 Å². The Morgan fingerprint density at radius 1 is 1.60 bits per heavy atom. The van der Waals surface area contributed by atoms with Gasteiger partial charge >= 0.3 is 0 Å². The van der Waals surface area contributed by atoms with Crippen molar-refractivity contribution in [3.8, 4) is 5.75 Å². The number of hydrogen-bond donors (Lipinski definition) is 2. The van der Waals surface area contributed by atoms with Gasteiger partial charge in [-0.1, -0.05) is 13.3 Å². The zero-order chi connectivity index (χ0) is 11.3. The molecule has 2 unspecified atom stereocenters. The summed E-state index contributed by atoms with van der Waals surface area (Å²) < 4.78 is 5.19. The summed E-state index contributed by atoms with van der Waals surface area (Å²) in [5.74, 6) is 0.893. The quantitative estimate of drug-likeness (QED) is 0.786. The average molecular weight is 229 g/mol. The van der Waals surface area contributed by atoms with Crippen LogP contribution in [0.5, 0.6) is 5.75 Å². The highest BCUT2D eigenvalue weighted by Crippen LogP contribution is 2.35. The molecule has 0 bridgehead atoms. The van der Waals surface area contributed by atoms with Gasteiger partial charge in [0, 0.05) is 5.92 Å². The first-order chi connectivity index (χ1) is 7.24. The minimum Gasteiger partial charge on any atom is -0.495 e. The topological polar surface area (TPSA) is 55.5 Å². The normalized spacial score (nSPS) is 14.9. The van der Waals surface area contributed by atoms with Gasteiger partial charge in [0.25, 0.3) is 0 Å². The Morgan fingerprint density at radius 3 is 2.87 bits per heavy atom. The SMILES string of the molecule is CCCC(CN)C(O)c1sccc1OC. The van der Waals surface area contributed by atoms with Crippen molar-refractivity contribution in [3.05, 3.63) is 16.3 Å². The maximum absolute atomic E-state index is 10.2. The van der Waals surface area contributed by atoms with Crippen molar-refractivity contribution in [3.63, 3.8) is 0 Å². The molecule has 1 aromatic rings. The number of aliphatic hydroxyl groups excluding tert-OH is 1. The van der Waals surface area contributed by atoms with Crippen molar-refractivity contribution in [2.45, 2.75) is 25.9 Å². The van der Waals surface area contributed by atoms with Gasteiger partial charge in [0.2, 0.25) is 0 Å². The second-order valence-electron chi connectivity index (χ2n) is 3.58. The number of rotatable bonds is 6. The summed E-state index contributed by atoms with van der Waals surface area (Å²) in [4.78, 5) is 0.890. The van der Waals surface area contributed by atoms with Crippen LogP contribution >= 0.6 is 11.3 Å². The summed E-state index contributed by atoms with van der Waals surface area (Å²) >= 11 is 1.52. The first kappa shape index (κ1) is 12.5. The van der Waals surface area contributed by atoms with E-state index in [1.54, 1.807) is 7.11 Å². The lowest BCUT2D eigenvalue weighted by Gasteiger charge is -2.20. The lowest BCUT2D eigenvalue weighted by atomic mass is 9.96. The molecule has 0 saturated carbocycles. The van der Waals surface area contributed by atoms with Crippen molar-refractivity contribution in [1.82, 2.24) is 0 Å². The van der Waals surface area contributed by atoms with Crippen molar-refractivity contribution >= 4 is 11.3 Å². The van der Waals surface area contributed by atoms with Crippen molar-refractivity contribution in [2.75, 3.05) is 13.7 Å². The van der Waals surface area contributed by atoms with E-state index in [1.165, 1.54) is 11.3 Å². The highest BCUT2D eigenvalue weighted by Gasteiger charge is 2.23. The molecule has 0 aliphatic rings. The van der Waals surface area contributed by atoms with Crippen molar-refractivity contribution in [1.29, 1.82) is 0 Å². The molecule has 0 fully saturated rings. The molecule has 1 rings (SSSR count). The number of nitrogens with two attached hydrogens (primary N) is 1. The number of thiophene rings is 1. The summed E-state index contributed by atoms with van der Waals surface area (Å²) in [6.45, 7) is 2.61. The zero-order valence-corrected chi connectivity index (χ0v) is 10.1. The fraction of sp³-hybridized carbons (Fsp3) is 0.636. The Bertz CT molecular complexity index is 288. The predicted octanol–water partition coefficient (Wildman–Crippen LogP) is 2.17. The minimum absolute atomic E-state index is 0.127. The standard InChI is InChI=1S/C11H19NO2S/c1-3-4-8(7-12)10(13)11-9(14-2)5-6-15-11/h5-6,8,10,13H,3-4,7,12H2,1-2H3. The Labute approximate surface area is 94.9 Å². The zero-order valence-electron chi connectivity index (χ0n) is 9.27. The Kier molecular flexibility index (Phi) is 5.08. The predicted molar refractivity (Wildman–Crippen MR) is 63.3 cm³/mol. The van der Waals surface area contributed by atoms with Crippen LogP contribution in [-0.4, -0.2) is 18.8 Å². The summed E-state index contributed by atoms with van der Waals surface area (Å²) in [6, 6.07) is 1.88. The van der Waals surface area contributed by atoms with Crippen LogP contribution in [0.2, 0.25) is 0 Å². The third-order valence-corrected chi connectivity index (χ3v) is 3.52. The molecule has 2 atom stereocenters. The fourth-order valence-corrected chi connectivity index (χ4v) is 2.62. The largest absolute Gasteiger partial charge is 0.495 e. The molecule has 0 radical (unpaired) electrons. The molecule has 0 aliphatic carbocycles. The Hall–Kier alpha value is -0.580. The third kappa shape index (κ3) is 2.93. The van der Waals surface area contributed by atoms with Gasteiger partial charge in [0.1, 0.15) is 5.75 Å². The van der Waals surface area contributed by atoms with Crippen LogP contribution in [0.4, 0.5) is 0 Å². The van der Waals surface area contributed by atoms with Gasteiger partial charge in [-0.3, -0.25) is 0 Å². The van der Waals surface area contributed by atoms with E-state index in [9.17, 15) is 5.11 Å². The summed E-state index contributed by atoms with van der Waals surface area (Å²) in [7, 11) is 1.62. The summed E-state index contributed by atoms with van der Waals surface area (Å²) in [6.07, 6.45) is 1.48. The van der Waals surface area contributed by atoms with Gasteiger partial charge in [-0.05, 0) is 24.4 Å². The monoisotopic (exact) mass is 229 g/mol. The molecular weight excluding hydrogens is 210 g/mol. The molecule has 3 N–H and O–H groups in total. The molecule has 0 spiro atoms. The number of ether oxygens (including phenoxy) is 1. The Morgan fingerprint density at radius 2 is 2.33 bits per heavy atom. The first-order valence-electron chi connectivity index (χ1n) is 5.24. The molecule has 15 heavy (non-hydrogen) atoms. The van der Waals surface area contributed by atoms with E-state index in [0.29, 0.717) is 6.54 Å². The average Bonchev–Trinajstić information content (AvgIpc) is 2.72. The van der Waals surface area contributed by atoms with E-state index in [0.717, 1.165) is 23.5 Å². The van der Waals surface area contributed by atoms with Gasteiger partial charge < -0.3 is 15.6 Å². The van der Waals surface area contributed by atoms with E-state index in [2.05, 4.69) is 6.92 Å². The van der Waals surface area contributed by atoms with Gasteiger partial charge in [-0.2, -0.15) is 0 Å². The molecule has 4 heteroatoms. The van der Waals surface area contributed by atoms with E-state index in [1.807, 2.05) is 11.4 Å². The number of aliphatic hydroxyl groups is 1. The van der Waals surface area contributed by atoms with E-state index in [-0.39, 0.29) is 5.92 Å². The van der Waals surface area contributed by atoms with Gasteiger partial charge in [0.15, 0.2) is 0 Å². The first-order valence-corrected chi connectivity index (χ1v) is 6.12. The van der Waals surface area contributed by atoms with Crippen LogP contribution in [0.3, 0.4) is 0 Å². The van der Waals surface area contributed by atoms with Crippen LogP contribution < -0.4 is 10.5 Å². The van der Waals surface area contributed by atoms with Gasteiger partial charge in [-0.15, -0.1) is 11.3 Å². The highest BCUT2D eigenvalue weighted by atomic mass is 32.1. The van der Waals surface area contributed by atoms with Gasteiger partial charge in [0.05, 0.1) is 18.1 Å². The maximum Gasteiger partial charge on any atom is 0.135 e. The van der Waals surface area contributed by atoms with Crippen LogP contribution in [0, 0.1) is 5.92 Å². The van der Waals surface area contributed by atoms with Crippen LogP contribution in [0.15, 0.2) is 11.4 Å². The van der Waals surface area contributed by atoms with Gasteiger partial charge in [-0.25, -0.2) is 0 Å².